The molecule has 1 rings (SSSR count). The Morgan fingerprint density at radius 2 is 1.75 bits per heavy atom. The van der Waals surface area contributed by atoms with Gasteiger partial charge in [0.25, 0.3) is 0 Å². The van der Waals surface area contributed by atoms with Crippen molar-refractivity contribution < 1.29 is 0 Å². The average Bonchev–Trinajstić information content (AvgIpc) is 1.90. The van der Waals surface area contributed by atoms with E-state index in [1.807, 2.05) is 0 Å². The van der Waals surface area contributed by atoms with Gasteiger partial charge in [0.2, 0.25) is 0 Å². The molecular formula is C7H15S+. The van der Waals surface area contributed by atoms with Gasteiger partial charge in [-0.05, 0) is 37.4 Å². The van der Waals surface area contributed by atoms with Gasteiger partial charge in [-0.15, -0.1) is 0 Å². The van der Waals surface area contributed by atoms with Crippen LogP contribution in [0, 0.1) is 0 Å². The van der Waals surface area contributed by atoms with Crippen molar-refractivity contribution in [3.8, 4) is 0 Å². The lowest BCUT2D eigenvalue weighted by atomic mass is 10.0. The first-order valence-corrected chi connectivity index (χ1v) is 4.93. The Labute approximate surface area is 56.0 Å². The minimum atomic E-state index is 1.06. The number of rotatable bonds is 1. The molecule has 48 valence electrons. The molecule has 0 aromatic carbocycles. The van der Waals surface area contributed by atoms with Crippen LogP contribution in [0.15, 0.2) is 0 Å². The summed E-state index contributed by atoms with van der Waals surface area (Å²) in [5.74, 6) is 0. The van der Waals surface area contributed by atoms with Crippen LogP contribution in [0.5, 0.6) is 0 Å². The maximum absolute atomic E-state index is 2.29. The SMILES string of the molecule is C[SH+]C1CCCCC1. The third-order valence-corrected chi connectivity index (χ3v) is 3.19. The van der Waals surface area contributed by atoms with E-state index < -0.39 is 0 Å². The van der Waals surface area contributed by atoms with Crippen molar-refractivity contribution in [1.29, 1.82) is 0 Å². The standard InChI is InChI=1S/C7H14S/c1-8-7-5-3-2-4-6-7/h7H,2-6H2,1H3/p+1. The highest BCUT2D eigenvalue weighted by Crippen LogP contribution is 2.19. The van der Waals surface area contributed by atoms with Crippen LogP contribution < -0.4 is 0 Å². The van der Waals surface area contributed by atoms with Crippen LogP contribution in [0.25, 0.3) is 0 Å². The molecule has 0 amide bonds. The highest BCUT2D eigenvalue weighted by atomic mass is 32.2. The van der Waals surface area contributed by atoms with Crippen LogP contribution >= 0.6 is 0 Å². The molecule has 1 heteroatoms. The molecule has 8 heavy (non-hydrogen) atoms. The Bertz CT molecular complexity index is 55.4. The third-order valence-electron chi connectivity index (χ3n) is 1.94. The Kier molecular flexibility index (Phi) is 2.74. The molecule has 0 aromatic rings. The van der Waals surface area contributed by atoms with E-state index in [1.165, 1.54) is 32.1 Å². The van der Waals surface area contributed by atoms with Gasteiger partial charge in [-0.3, -0.25) is 0 Å². The third kappa shape index (κ3) is 1.70. The van der Waals surface area contributed by atoms with Crippen molar-refractivity contribution in [3.05, 3.63) is 0 Å². The summed E-state index contributed by atoms with van der Waals surface area (Å²) in [6.07, 6.45) is 9.76. The van der Waals surface area contributed by atoms with Gasteiger partial charge in [0, 0.05) is 0 Å². The lowest BCUT2D eigenvalue weighted by Crippen LogP contribution is -2.12. The summed E-state index contributed by atoms with van der Waals surface area (Å²) in [5.41, 5.74) is 0. The summed E-state index contributed by atoms with van der Waals surface area (Å²) in [5, 5.41) is 1.06. The number of hydrogen-bond donors (Lipinski definition) is 0. The molecule has 0 aromatic heterocycles. The summed E-state index contributed by atoms with van der Waals surface area (Å²) < 4.78 is 0. The monoisotopic (exact) mass is 131 g/mol. The molecule has 0 spiro atoms. The summed E-state index contributed by atoms with van der Waals surface area (Å²) >= 11 is 1.63. The van der Waals surface area contributed by atoms with E-state index in [0.29, 0.717) is 0 Å². The molecule has 0 radical (unpaired) electrons. The zero-order valence-electron chi connectivity index (χ0n) is 5.56. The van der Waals surface area contributed by atoms with Crippen LogP contribution in [0.3, 0.4) is 0 Å². The van der Waals surface area contributed by atoms with Crippen LogP contribution in [-0.4, -0.2) is 11.5 Å². The molecule has 0 bridgehead atoms. The van der Waals surface area contributed by atoms with E-state index in [-0.39, 0.29) is 0 Å². The maximum atomic E-state index is 2.29. The zero-order valence-corrected chi connectivity index (χ0v) is 6.45. The number of thiol groups is 1. The van der Waals surface area contributed by atoms with E-state index in [9.17, 15) is 0 Å². The van der Waals surface area contributed by atoms with Gasteiger partial charge in [-0.2, -0.15) is 0 Å². The molecule has 0 unspecified atom stereocenters. The van der Waals surface area contributed by atoms with Crippen molar-refractivity contribution >= 4 is 11.8 Å². The predicted molar refractivity (Wildman–Crippen MR) is 41.6 cm³/mol. The van der Waals surface area contributed by atoms with Gasteiger partial charge in [0.15, 0.2) is 0 Å². The van der Waals surface area contributed by atoms with Crippen LogP contribution in [0.1, 0.15) is 32.1 Å². The molecule has 0 aliphatic heterocycles. The number of hydrogen-bond acceptors (Lipinski definition) is 0. The second-order valence-corrected chi connectivity index (χ2v) is 3.80. The largest absolute Gasteiger partial charge is 0.115 e. The molecule has 1 saturated carbocycles. The topological polar surface area (TPSA) is 0 Å². The lowest BCUT2D eigenvalue weighted by Gasteiger charge is -2.13. The molecule has 1 aliphatic carbocycles. The van der Waals surface area contributed by atoms with E-state index in [1.54, 1.807) is 11.8 Å². The minimum Gasteiger partial charge on any atom is -0.0529 e. The highest BCUT2D eigenvalue weighted by Gasteiger charge is 2.16. The second kappa shape index (κ2) is 3.39. The molecule has 1 fully saturated rings. The molecule has 1 aliphatic rings. The normalized spacial score (nSPS) is 23.6. The van der Waals surface area contributed by atoms with Crippen molar-refractivity contribution in [1.82, 2.24) is 0 Å². The zero-order chi connectivity index (χ0) is 5.82. The Morgan fingerprint density at radius 1 is 1.12 bits per heavy atom. The van der Waals surface area contributed by atoms with Crippen LogP contribution in [0.2, 0.25) is 0 Å². The van der Waals surface area contributed by atoms with Crippen LogP contribution in [0.4, 0.5) is 0 Å². The lowest BCUT2D eigenvalue weighted by molar-refractivity contribution is 0.516. The van der Waals surface area contributed by atoms with Gasteiger partial charge < -0.3 is 0 Å². The average molecular weight is 131 g/mol. The van der Waals surface area contributed by atoms with Crippen molar-refractivity contribution in [2.75, 3.05) is 6.26 Å². The fraction of sp³-hybridized carbons (Fsp3) is 1.00. The molecule has 0 N–H and O–H groups in total. The summed E-state index contributed by atoms with van der Waals surface area (Å²) in [6, 6.07) is 0. The minimum absolute atomic E-state index is 1.06. The van der Waals surface area contributed by atoms with Gasteiger partial charge in [0.05, 0.1) is 6.26 Å². The van der Waals surface area contributed by atoms with Crippen LogP contribution in [-0.2, 0) is 11.8 Å². The smallest absolute Gasteiger partial charge is 0.0529 e. The predicted octanol–water partition coefficient (Wildman–Crippen LogP) is 1.76. The molecule has 0 heterocycles. The van der Waals surface area contributed by atoms with Gasteiger partial charge in [-0.1, -0.05) is 6.42 Å². The van der Waals surface area contributed by atoms with E-state index in [4.69, 9.17) is 0 Å². The molecule has 0 nitrogen and oxygen atoms in total. The van der Waals surface area contributed by atoms with E-state index >= 15 is 0 Å². The summed E-state index contributed by atoms with van der Waals surface area (Å²) in [4.78, 5) is 0. The Hall–Kier alpha value is 0.350. The fourth-order valence-electron chi connectivity index (χ4n) is 1.34. The maximum Gasteiger partial charge on any atom is 0.115 e. The Morgan fingerprint density at radius 3 is 2.12 bits per heavy atom. The second-order valence-electron chi connectivity index (χ2n) is 2.55. The highest BCUT2D eigenvalue weighted by molar-refractivity contribution is 7.78. The summed E-state index contributed by atoms with van der Waals surface area (Å²) in [6.45, 7) is 0. The quantitative estimate of drug-likeness (QED) is 0.376. The van der Waals surface area contributed by atoms with E-state index in [2.05, 4.69) is 6.26 Å². The first kappa shape index (κ1) is 6.47. The van der Waals surface area contributed by atoms with E-state index in [0.717, 1.165) is 5.25 Å². The van der Waals surface area contributed by atoms with Crippen molar-refractivity contribution in [2.45, 2.75) is 37.4 Å². The molecule has 0 atom stereocenters. The van der Waals surface area contributed by atoms with Gasteiger partial charge >= 0.3 is 0 Å². The van der Waals surface area contributed by atoms with Crippen molar-refractivity contribution in [2.24, 2.45) is 0 Å². The Balaban J connectivity index is 2.13. The molecular weight excluding hydrogens is 116 g/mol. The van der Waals surface area contributed by atoms with Crippen molar-refractivity contribution in [3.63, 3.8) is 0 Å². The first-order valence-electron chi connectivity index (χ1n) is 3.52. The van der Waals surface area contributed by atoms with Gasteiger partial charge in [-0.25, -0.2) is 0 Å². The summed E-state index contributed by atoms with van der Waals surface area (Å²) in [7, 11) is 0. The van der Waals surface area contributed by atoms with Gasteiger partial charge in [0.1, 0.15) is 5.25 Å². The fourth-order valence-corrected chi connectivity index (χ4v) is 2.22. The first-order chi connectivity index (χ1) is 3.93. The molecule has 0 saturated heterocycles.